The van der Waals surface area contributed by atoms with Crippen molar-refractivity contribution < 1.29 is 39.6 Å². The van der Waals surface area contributed by atoms with Gasteiger partial charge in [-0.25, -0.2) is 19.2 Å². The molecule has 0 radical (unpaired) electrons. The van der Waals surface area contributed by atoms with Crippen molar-refractivity contribution in [3.05, 3.63) is 24.3 Å². The summed E-state index contributed by atoms with van der Waals surface area (Å²) in [5, 5.41) is 37.8. The van der Waals surface area contributed by atoms with E-state index >= 15 is 0 Å². The SMILES string of the molecule is C1CNCCNC1.O=C(O)C=CC(=O)O.O=C(O)C=CC(=O)O. The third-order valence-corrected chi connectivity index (χ3v) is 1.92. The number of hydrogen-bond acceptors (Lipinski definition) is 6. The number of nitrogens with one attached hydrogen (secondary N) is 2. The number of carboxylic acid groups (broad SMARTS) is 4. The molecule has 0 aliphatic carbocycles. The quantitative estimate of drug-likeness (QED) is 0.350. The summed E-state index contributed by atoms with van der Waals surface area (Å²) < 4.78 is 0. The highest BCUT2D eigenvalue weighted by molar-refractivity contribution is 5.90. The summed E-state index contributed by atoms with van der Waals surface area (Å²) in [6.07, 6.45) is 3.51. The highest BCUT2D eigenvalue weighted by Gasteiger charge is 1.92. The molecule has 0 amide bonds. The molecule has 1 rings (SSSR count). The minimum atomic E-state index is -1.26. The Morgan fingerprint density at radius 3 is 1.04 bits per heavy atom. The largest absolute Gasteiger partial charge is 0.478 e. The fourth-order valence-electron chi connectivity index (χ4n) is 1.05. The molecule has 0 aromatic rings. The molecule has 10 heteroatoms. The van der Waals surface area contributed by atoms with E-state index in [4.69, 9.17) is 20.4 Å². The molecule has 0 spiro atoms. The van der Waals surface area contributed by atoms with E-state index in [9.17, 15) is 19.2 Å². The molecule has 1 aliphatic heterocycles. The fraction of sp³-hybridized carbons (Fsp3) is 0.385. The van der Waals surface area contributed by atoms with Crippen LogP contribution in [0, 0.1) is 0 Å². The molecule has 10 nitrogen and oxygen atoms in total. The molecule has 0 unspecified atom stereocenters. The molecular formula is C13H20N2O8. The standard InChI is InChI=1S/C5H12N2.2C4H4O4/c1-2-6-4-5-7-3-1;2*5-3(6)1-2-4(7)8/h6-7H,1-5H2;2*1-2H,(H,5,6)(H,7,8). The van der Waals surface area contributed by atoms with Gasteiger partial charge in [-0.3, -0.25) is 0 Å². The van der Waals surface area contributed by atoms with Gasteiger partial charge in [0.15, 0.2) is 0 Å². The molecule has 0 bridgehead atoms. The van der Waals surface area contributed by atoms with Gasteiger partial charge < -0.3 is 31.1 Å². The van der Waals surface area contributed by atoms with Crippen molar-refractivity contribution in [1.82, 2.24) is 10.6 Å². The van der Waals surface area contributed by atoms with Gasteiger partial charge in [0.2, 0.25) is 0 Å². The molecule has 130 valence electrons. The van der Waals surface area contributed by atoms with Crippen LogP contribution in [0.3, 0.4) is 0 Å². The highest BCUT2D eigenvalue weighted by Crippen LogP contribution is 1.76. The van der Waals surface area contributed by atoms with Gasteiger partial charge in [-0.15, -0.1) is 0 Å². The van der Waals surface area contributed by atoms with E-state index in [1.165, 1.54) is 19.5 Å². The summed E-state index contributed by atoms with van der Waals surface area (Å²) in [5.74, 6) is -5.03. The van der Waals surface area contributed by atoms with Gasteiger partial charge >= 0.3 is 23.9 Å². The van der Waals surface area contributed by atoms with E-state index in [2.05, 4.69) is 10.6 Å². The predicted octanol–water partition coefficient (Wildman–Crippen LogP) is -1.01. The number of hydrogen-bond donors (Lipinski definition) is 6. The van der Waals surface area contributed by atoms with Gasteiger partial charge in [0, 0.05) is 37.4 Å². The molecule has 6 N–H and O–H groups in total. The normalized spacial score (nSPS) is 13.9. The zero-order valence-corrected chi connectivity index (χ0v) is 12.3. The van der Waals surface area contributed by atoms with Crippen LogP contribution in [0.5, 0.6) is 0 Å². The first-order valence-corrected chi connectivity index (χ1v) is 6.45. The number of carboxylic acids is 4. The Labute approximate surface area is 132 Å². The molecule has 1 heterocycles. The van der Waals surface area contributed by atoms with Crippen molar-refractivity contribution in [2.75, 3.05) is 26.2 Å². The van der Waals surface area contributed by atoms with Gasteiger partial charge in [0.1, 0.15) is 0 Å². The second kappa shape index (κ2) is 15.7. The maximum atomic E-state index is 9.55. The summed E-state index contributed by atoms with van der Waals surface area (Å²) in [6.45, 7) is 4.65. The second-order valence-electron chi connectivity index (χ2n) is 3.87. The van der Waals surface area contributed by atoms with Crippen molar-refractivity contribution in [3.63, 3.8) is 0 Å². The van der Waals surface area contributed by atoms with Crippen LogP contribution in [0.15, 0.2) is 24.3 Å². The van der Waals surface area contributed by atoms with Gasteiger partial charge in [-0.05, 0) is 19.5 Å². The van der Waals surface area contributed by atoms with Crippen LogP contribution < -0.4 is 10.6 Å². The Balaban J connectivity index is 0. The molecule has 0 aromatic heterocycles. The summed E-state index contributed by atoms with van der Waals surface area (Å²) in [5.41, 5.74) is 0. The summed E-state index contributed by atoms with van der Waals surface area (Å²) in [4.78, 5) is 38.2. The first-order chi connectivity index (χ1) is 10.8. The fourth-order valence-corrected chi connectivity index (χ4v) is 1.05. The van der Waals surface area contributed by atoms with Crippen molar-refractivity contribution >= 4 is 23.9 Å². The van der Waals surface area contributed by atoms with Gasteiger partial charge in [-0.1, -0.05) is 0 Å². The minimum Gasteiger partial charge on any atom is -0.478 e. The monoisotopic (exact) mass is 332 g/mol. The van der Waals surface area contributed by atoms with E-state index in [1.807, 2.05) is 0 Å². The smallest absolute Gasteiger partial charge is 0.328 e. The van der Waals surface area contributed by atoms with Crippen LogP contribution in [0.1, 0.15) is 6.42 Å². The number of carbonyl (C=O) groups is 4. The van der Waals surface area contributed by atoms with Crippen LogP contribution in [0.2, 0.25) is 0 Å². The van der Waals surface area contributed by atoms with Crippen molar-refractivity contribution in [3.8, 4) is 0 Å². The maximum absolute atomic E-state index is 9.55. The lowest BCUT2D eigenvalue weighted by Gasteiger charge is -1.92. The van der Waals surface area contributed by atoms with Crippen LogP contribution in [0.4, 0.5) is 0 Å². The predicted molar refractivity (Wildman–Crippen MR) is 79.2 cm³/mol. The molecular weight excluding hydrogens is 312 g/mol. The first kappa shape index (κ1) is 22.6. The summed E-state index contributed by atoms with van der Waals surface area (Å²) in [6, 6.07) is 0. The lowest BCUT2D eigenvalue weighted by atomic mass is 10.4. The first-order valence-electron chi connectivity index (χ1n) is 6.45. The second-order valence-corrected chi connectivity index (χ2v) is 3.87. The van der Waals surface area contributed by atoms with Gasteiger partial charge in [-0.2, -0.15) is 0 Å². The average molecular weight is 332 g/mol. The van der Waals surface area contributed by atoms with E-state index in [1.54, 1.807) is 0 Å². The molecule has 1 saturated heterocycles. The lowest BCUT2D eigenvalue weighted by molar-refractivity contribution is -0.134. The molecule has 0 saturated carbocycles. The molecule has 0 atom stereocenters. The van der Waals surface area contributed by atoms with E-state index in [0.29, 0.717) is 24.3 Å². The Kier molecular flexibility index (Phi) is 15.4. The molecule has 0 aromatic carbocycles. The lowest BCUT2D eigenvalue weighted by Crippen LogP contribution is -2.21. The Hall–Kier alpha value is -2.72. The number of aliphatic carboxylic acids is 4. The zero-order chi connectivity index (χ0) is 18.1. The van der Waals surface area contributed by atoms with Crippen molar-refractivity contribution in [1.29, 1.82) is 0 Å². The van der Waals surface area contributed by atoms with Crippen molar-refractivity contribution in [2.45, 2.75) is 6.42 Å². The van der Waals surface area contributed by atoms with Crippen LogP contribution in [-0.4, -0.2) is 70.5 Å². The van der Waals surface area contributed by atoms with E-state index in [0.717, 1.165) is 13.1 Å². The number of rotatable bonds is 4. The van der Waals surface area contributed by atoms with Crippen LogP contribution >= 0.6 is 0 Å². The Morgan fingerprint density at radius 1 is 0.565 bits per heavy atom. The highest BCUT2D eigenvalue weighted by atomic mass is 16.4. The van der Waals surface area contributed by atoms with Gasteiger partial charge in [0.25, 0.3) is 0 Å². The van der Waals surface area contributed by atoms with E-state index in [-0.39, 0.29) is 0 Å². The maximum Gasteiger partial charge on any atom is 0.328 e. The van der Waals surface area contributed by atoms with Crippen molar-refractivity contribution in [2.24, 2.45) is 0 Å². The summed E-state index contributed by atoms with van der Waals surface area (Å²) in [7, 11) is 0. The third-order valence-electron chi connectivity index (χ3n) is 1.92. The minimum absolute atomic E-state index is 0.558. The average Bonchev–Trinajstić information content (AvgIpc) is 2.77. The summed E-state index contributed by atoms with van der Waals surface area (Å²) >= 11 is 0. The van der Waals surface area contributed by atoms with Gasteiger partial charge in [0.05, 0.1) is 0 Å². The molecule has 1 fully saturated rings. The Morgan fingerprint density at radius 2 is 0.826 bits per heavy atom. The van der Waals surface area contributed by atoms with Crippen LogP contribution in [-0.2, 0) is 19.2 Å². The third kappa shape index (κ3) is 28.2. The molecule has 23 heavy (non-hydrogen) atoms. The topological polar surface area (TPSA) is 173 Å². The van der Waals surface area contributed by atoms with E-state index < -0.39 is 23.9 Å². The Bertz CT molecular complexity index is 360. The zero-order valence-electron chi connectivity index (χ0n) is 12.3. The van der Waals surface area contributed by atoms with Crippen LogP contribution in [0.25, 0.3) is 0 Å². The molecule has 1 aliphatic rings.